The highest BCUT2D eigenvalue weighted by Gasteiger charge is 2.44. The van der Waals surface area contributed by atoms with E-state index in [2.05, 4.69) is 29.0 Å². The van der Waals surface area contributed by atoms with Gasteiger partial charge in [-0.2, -0.15) is 0 Å². The smallest absolute Gasteiger partial charge is 0.237 e. The van der Waals surface area contributed by atoms with Gasteiger partial charge in [0.2, 0.25) is 11.8 Å². The van der Waals surface area contributed by atoms with Crippen LogP contribution >= 0.6 is 0 Å². The van der Waals surface area contributed by atoms with E-state index in [9.17, 15) is 9.59 Å². The van der Waals surface area contributed by atoms with Crippen LogP contribution in [0.3, 0.4) is 0 Å². The van der Waals surface area contributed by atoms with Gasteiger partial charge in [0.1, 0.15) is 5.54 Å². The summed E-state index contributed by atoms with van der Waals surface area (Å²) in [5.41, 5.74) is 5.33. The summed E-state index contributed by atoms with van der Waals surface area (Å²) in [7, 11) is 0. The number of amides is 2. The third kappa shape index (κ3) is 4.28. The summed E-state index contributed by atoms with van der Waals surface area (Å²) in [6.07, 6.45) is 5.12. The maximum atomic E-state index is 12.3. The van der Waals surface area contributed by atoms with Gasteiger partial charge in [-0.1, -0.05) is 33.1 Å². The normalized spacial score (nSPS) is 23.8. The third-order valence-electron chi connectivity index (χ3n) is 5.67. The van der Waals surface area contributed by atoms with Crippen LogP contribution in [0.4, 0.5) is 0 Å². The Kier molecular flexibility index (Phi) is 6.63. The average molecular weight is 338 g/mol. The highest BCUT2D eigenvalue weighted by Crippen LogP contribution is 2.34. The lowest BCUT2D eigenvalue weighted by Gasteiger charge is -2.48. The molecule has 0 spiro atoms. The topological polar surface area (TPSA) is 78.7 Å². The molecule has 6 heteroatoms. The Morgan fingerprint density at radius 1 is 1.04 bits per heavy atom. The monoisotopic (exact) mass is 338 g/mol. The number of hydrogen-bond donors (Lipinski definition) is 2. The summed E-state index contributed by atoms with van der Waals surface area (Å²) in [4.78, 5) is 28.9. The van der Waals surface area contributed by atoms with Gasteiger partial charge in [0.25, 0.3) is 0 Å². The molecule has 1 aliphatic carbocycles. The Balaban J connectivity index is 1.90. The first kappa shape index (κ1) is 19.2. The lowest BCUT2D eigenvalue weighted by atomic mass is 9.79. The molecule has 1 aliphatic heterocycles. The quantitative estimate of drug-likeness (QED) is 0.756. The predicted octanol–water partition coefficient (Wildman–Crippen LogP) is 0.953. The van der Waals surface area contributed by atoms with Crippen molar-refractivity contribution in [3.63, 3.8) is 0 Å². The van der Waals surface area contributed by atoms with E-state index in [4.69, 9.17) is 5.73 Å². The molecule has 24 heavy (non-hydrogen) atoms. The van der Waals surface area contributed by atoms with Crippen molar-refractivity contribution < 1.29 is 9.59 Å². The van der Waals surface area contributed by atoms with Crippen molar-refractivity contribution in [2.75, 3.05) is 32.7 Å². The molecule has 1 saturated carbocycles. The largest absolute Gasteiger partial charge is 0.368 e. The van der Waals surface area contributed by atoms with E-state index in [1.54, 1.807) is 0 Å². The van der Waals surface area contributed by atoms with E-state index in [0.717, 1.165) is 51.9 Å². The highest BCUT2D eigenvalue weighted by molar-refractivity contribution is 5.85. The van der Waals surface area contributed by atoms with Crippen LogP contribution in [0.1, 0.15) is 52.9 Å². The molecule has 0 radical (unpaired) electrons. The average Bonchev–Trinajstić information content (AvgIpc) is 2.59. The van der Waals surface area contributed by atoms with E-state index in [0.29, 0.717) is 12.5 Å². The van der Waals surface area contributed by atoms with Crippen LogP contribution in [0.5, 0.6) is 0 Å². The molecule has 1 heterocycles. The maximum absolute atomic E-state index is 12.3. The molecule has 2 aliphatic rings. The molecule has 138 valence electrons. The van der Waals surface area contributed by atoms with Crippen molar-refractivity contribution in [2.24, 2.45) is 11.7 Å². The molecule has 2 rings (SSSR count). The number of nitrogens with one attached hydrogen (secondary N) is 1. The lowest BCUT2D eigenvalue weighted by molar-refractivity contribution is -0.136. The standard InChI is InChI=1S/C18H34N4O2/c1-14(2)13-20-16(23)15(3)21-9-11-22(12-10-21)18(17(19)24)7-5-4-6-8-18/h14-15H,4-13H2,1-3H3,(H2,19,24)(H,20,23). The second-order valence-corrected chi connectivity index (χ2v) is 7.79. The molecule has 1 unspecified atom stereocenters. The first-order chi connectivity index (χ1) is 11.4. The van der Waals surface area contributed by atoms with E-state index < -0.39 is 5.54 Å². The highest BCUT2D eigenvalue weighted by atomic mass is 16.2. The maximum Gasteiger partial charge on any atom is 0.237 e. The molecular formula is C18H34N4O2. The summed E-state index contributed by atoms with van der Waals surface area (Å²) >= 11 is 0. The fraction of sp³-hybridized carbons (Fsp3) is 0.889. The number of nitrogens with two attached hydrogens (primary N) is 1. The van der Waals surface area contributed by atoms with E-state index in [1.807, 2.05) is 6.92 Å². The van der Waals surface area contributed by atoms with Gasteiger partial charge in [0.15, 0.2) is 0 Å². The van der Waals surface area contributed by atoms with Crippen molar-refractivity contribution in [3.05, 3.63) is 0 Å². The van der Waals surface area contributed by atoms with Crippen molar-refractivity contribution in [3.8, 4) is 0 Å². The van der Waals surface area contributed by atoms with Gasteiger partial charge in [-0.25, -0.2) is 0 Å². The van der Waals surface area contributed by atoms with Crippen LogP contribution < -0.4 is 11.1 Å². The minimum Gasteiger partial charge on any atom is -0.368 e. The van der Waals surface area contributed by atoms with E-state index in [1.165, 1.54) is 6.42 Å². The molecule has 2 fully saturated rings. The van der Waals surface area contributed by atoms with Crippen molar-refractivity contribution >= 4 is 11.8 Å². The predicted molar refractivity (Wildman–Crippen MR) is 95.5 cm³/mol. The zero-order chi connectivity index (χ0) is 17.7. The summed E-state index contributed by atoms with van der Waals surface area (Å²) < 4.78 is 0. The molecule has 2 amide bonds. The van der Waals surface area contributed by atoms with Crippen molar-refractivity contribution in [1.82, 2.24) is 15.1 Å². The van der Waals surface area contributed by atoms with E-state index in [-0.39, 0.29) is 17.9 Å². The Hall–Kier alpha value is -1.14. The lowest BCUT2D eigenvalue weighted by Crippen LogP contribution is -2.64. The second kappa shape index (κ2) is 8.30. The number of carbonyl (C=O) groups excluding carboxylic acids is 2. The van der Waals surface area contributed by atoms with Gasteiger partial charge in [-0.15, -0.1) is 0 Å². The first-order valence-electron chi connectivity index (χ1n) is 9.43. The van der Waals surface area contributed by atoms with Crippen LogP contribution in [0.15, 0.2) is 0 Å². The summed E-state index contributed by atoms with van der Waals surface area (Å²) in [6.45, 7) is 10.1. The Labute approximate surface area is 146 Å². The van der Waals surface area contributed by atoms with Gasteiger partial charge >= 0.3 is 0 Å². The summed E-state index contributed by atoms with van der Waals surface area (Å²) in [6, 6.07) is -0.123. The van der Waals surface area contributed by atoms with E-state index >= 15 is 0 Å². The van der Waals surface area contributed by atoms with Crippen LogP contribution in [-0.4, -0.2) is 65.9 Å². The minimum atomic E-state index is -0.451. The number of rotatable bonds is 6. The fourth-order valence-corrected chi connectivity index (χ4v) is 4.01. The molecule has 3 N–H and O–H groups in total. The van der Waals surface area contributed by atoms with Crippen molar-refractivity contribution in [1.29, 1.82) is 0 Å². The number of hydrogen-bond acceptors (Lipinski definition) is 4. The Bertz CT molecular complexity index is 438. The van der Waals surface area contributed by atoms with Gasteiger partial charge in [0, 0.05) is 32.7 Å². The first-order valence-corrected chi connectivity index (χ1v) is 9.43. The zero-order valence-corrected chi connectivity index (χ0v) is 15.5. The Morgan fingerprint density at radius 2 is 1.62 bits per heavy atom. The number of nitrogens with zero attached hydrogens (tertiary/aromatic N) is 2. The zero-order valence-electron chi connectivity index (χ0n) is 15.5. The molecular weight excluding hydrogens is 304 g/mol. The summed E-state index contributed by atoms with van der Waals surface area (Å²) in [5.74, 6) is 0.387. The van der Waals surface area contributed by atoms with Crippen LogP contribution in [0.25, 0.3) is 0 Å². The van der Waals surface area contributed by atoms with Gasteiger partial charge in [-0.05, 0) is 25.7 Å². The number of carbonyl (C=O) groups is 2. The molecule has 0 bridgehead atoms. The Morgan fingerprint density at radius 3 is 2.12 bits per heavy atom. The molecule has 0 aromatic rings. The molecule has 0 aromatic heterocycles. The van der Waals surface area contributed by atoms with Crippen LogP contribution in [0, 0.1) is 5.92 Å². The van der Waals surface area contributed by atoms with Crippen molar-refractivity contribution in [2.45, 2.75) is 64.5 Å². The SMILES string of the molecule is CC(C)CNC(=O)C(C)N1CCN(C2(C(N)=O)CCCCC2)CC1. The fourth-order valence-electron chi connectivity index (χ4n) is 4.01. The summed E-state index contributed by atoms with van der Waals surface area (Å²) in [5, 5.41) is 3.01. The molecule has 0 aromatic carbocycles. The minimum absolute atomic E-state index is 0.0967. The molecule has 1 atom stereocenters. The van der Waals surface area contributed by atoms with Crippen LogP contribution in [-0.2, 0) is 9.59 Å². The van der Waals surface area contributed by atoms with Crippen LogP contribution in [0.2, 0.25) is 0 Å². The second-order valence-electron chi connectivity index (χ2n) is 7.79. The number of piperazine rings is 1. The van der Waals surface area contributed by atoms with Gasteiger partial charge < -0.3 is 11.1 Å². The van der Waals surface area contributed by atoms with Gasteiger partial charge in [-0.3, -0.25) is 19.4 Å². The van der Waals surface area contributed by atoms with Gasteiger partial charge in [0.05, 0.1) is 6.04 Å². The molecule has 1 saturated heterocycles. The molecule has 6 nitrogen and oxygen atoms in total. The number of primary amides is 1. The third-order valence-corrected chi connectivity index (χ3v) is 5.67.